The van der Waals surface area contributed by atoms with E-state index < -0.39 is 0 Å². The maximum absolute atomic E-state index is 12.9. The van der Waals surface area contributed by atoms with Gasteiger partial charge in [-0.05, 0) is 53.3 Å². The summed E-state index contributed by atoms with van der Waals surface area (Å²) in [6.45, 7) is 1.04. The fourth-order valence-corrected chi connectivity index (χ4v) is 4.02. The summed E-state index contributed by atoms with van der Waals surface area (Å²) in [7, 11) is 0. The van der Waals surface area contributed by atoms with E-state index in [2.05, 4.69) is 16.4 Å². The third-order valence-corrected chi connectivity index (χ3v) is 5.51. The van der Waals surface area contributed by atoms with Gasteiger partial charge in [-0.2, -0.15) is 0 Å². The Morgan fingerprint density at radius 1 is 1.25 bits per heavy atom. The number of carbonyl (C=O) groups is 1. The molecule has 3 aromatic rings. The van der Waals surface area contributed by atoms with Gasteiger partial charge in [0.1, 0.15) is 17.7 Å². The molecule has 0 aliphatic carbocycles. The Morgan fingerprint density at radius 3 is 2.89 bits per heavy atom. The molecule has 5 nitrogen and oxygen atoms in total. The van der Waals surface area contributed by atoms with E-state index in [0.29, 0.717) is 31.2 Å². The number of hydrogen-bond acceptors (Lipinski definition) is 5. The van der Waals surface area contributed by atoms with Crippen LogP contribution in [0, 0.1) is 5.82 Å². The van der Waals surface area contributed by atoms with Gasteiger partial charge in [0.25, 0.3) is 0 Å². The van der Waals surface area contributed by atoms with Crippen LogP contribution in [-0.4, -0.2) is 17.5 Å². The maximum Gasteiger partial charge on any atom is 0.223 e. The lowest BCUT2D eigenvalue weighted by molar-refractivity contribution is -0.124. The summed E-state index contributed by atoms with van der Waals surface area (Å²) < 4.78 is 24.2. The lowest BCUT2D eigenvalue weighted by atomic mass is 10.1. The fraction of sp³-hybridized carbons (Fsp3) is 0.238. The van der Waals surface area contributed by atoms with Crippen molar-refractivity contribution < 1.29 is 18.7 Å². The number of aromatic nitrogens is 1. The molecule has 1 unspecified atom stereocenters. The summed E-state index contributed by atoms with van der Waals surface area (Å²) in [5.74, 6) is 0.538. The first-order valence-electron chi connectivity index (χ1n) is 9.00. The van der Waals surface area contributed by atoms with E-state index in [1.807, 2.05) is 11.4 Å². The minimum atomic E-state index is -0.319. The van der Waals surface area contributed by atoms with Crippen molar-refractivity contribution in [3.8, 4) is 11.6 Å². The first-order chi connectivity index (χ1) is 13.7. The molecule has 4 rings (SSSR count). The fourth-order valence-electron chi connectivity index (χ4n) is 3.02. The summed E-state index contributed by atoms with van der Waals surface area (Å²) >= 11 is 1.64. The van der Waals surface area contributed by atoms with E-state index >= 15 is 0 Å². The summed E-state index contributed by atoms with van der Waals surface area (Å²) in [6.07, 6.45) is 2.71. The molecule has 0 saturated heterocycles. The molecule has 1 atom stereocenters. The highest BCUT2D eigenvalue weighted by Crippen LogP contribution is 2.33. The number of amides is 1. The highest BCUT2D eigenvalue weighted by Gasteiger charge is 2.24. The number of fused-ring (bicyclic) bond motifs is 1. The van der Waals surface area contributed by atoms with Crippen molar-refractivity contribution in [1.29, 1.82) is 0 Å². The molecule has 3 heterocycles. The summed E-state index contributed by atoms with van der Waals surface area (Å²) in [5, 5.41) is 4.95. The molecule has 144 valence electrons. The summed E-state index contributed by atoms with van der Waals surface area (Å²) in [6, 6.07) is 11.4. The first-order valence-corrected chi connectivity index (χ1v) is 9.88. The Labute approximate surface area is 166 Å². The molecule has 0 radical (unpaired) electrons. The van der Waals surface area contributed by atoms with E-state index in [-0.39, 0.29) is 17.8 Å². The van der Waals surface area contributed by atoms with Gasteiger partial charge in [0.15, 0.2) is 0 Å². The van der Waals surface area contributed by atoms with Crippen LogP contribution in [0.4, 0.5) is 4.39 Å². The van der Waals surface area contributed by atoms with Gasteiger partial charge in [-0.15, -0.1) is 11.3 Å². The Morgan fingerprint density at radius 2 is 2.11 bits per heavy atom. The van der Waals surface area contributed by atoms with Gasteiger partial charge in [-0.1, -0.05) is 6.07 Å². The number of hydrogen-bond donors (Lipinski definition) is 1. The van der Waals surface area contributed by atoms with Gasteiger partial charge >= 0.3 is 0 Å². The predicted octanol–water partition coefficient (Wildman–Crippen LogP) is 4.39. The second kappa shape index (κ2) is 8.50. The topological polar surface area (TPSA) is 60.5 Å². The molecule has 7 heteroatoms. The molecular formula is C21H19FN2O3S. The number of benzene rings is 1. The summed E-state index contributed by atoms with van der Waals surface area (Å²) in [4.78, 5) is 17.7. The number of thiophene rings is 1. The largest absolute Gasteiger partial charge is 0.439 e. The first kappa shape index (κ1) is 18.6. The van der Waals surface area contributed by atoms with Gasteiger partial charge in [0.05, 0.1) is 13.0 Å². The van der Waals surface area contributed by atoms with Crippen LogP contribution in [0.15, 0.2) is 54.0 Å². The van der Waals surface area contributed by atoms with Crippen LogP contribution in [0.2, 0.25) is 0 Å². The summed E-state index contributed by atoms with van der Waals surface area (Å²) in [5.41, 5.74) is 2.15. The van der Waals surface area contributed by atoms with Crippen LogP contribution in [0.5, 0.6) is 11.6 Å². The number of nitrogens with zero attached hydrogens (tertiary/aromatic N) is 1. The zero-order chi connectivity index (χ0) is 19.3. The molecule has 1 aromatic carbocycles. The molecule has 0 spiro atoms. The highest BCUT2D eigenvalue weighted by molar-refractivity contribution is 7.10. The third-order valence-electron chi connectivity index (χ3n) is 4.46. The number of carbonyl (C=O) groups excluding carboxylic acids is 1. The molecule has 2 aromatic heterocycles. The Balaban J connectivity index is 1.28. The van der Waals surface area contributed by atoms with Gasteiger partial charge in [0, 0.05) is 23.7 Å². The minimum absolute atomic E-state index is 0.0575. The van der Waals surface area contributed by atoms with Crippen molar-refractivity contribution in [3.63, 3.8) is 0 Å². The Hall–Kier alpha value is -2.77. The lowest BCUT2D eigenvalue weighted by Crippen LogP contribution is -2.26. The van der Waals surface area contributed by atoms with Crippen molar-refractivity contribution in [2.24, 2.45) is 0 Å². The van der Waals surface area contributed by atoms with Gasteiger partial charge in [-0.3, -0.25) is 4.79 Å². The van der Waals surface area contributed by atoms with E-state index in [9.17, 15) is 9.18 Å². The normalized spacial score (nSPS) is 15.7. The lowest BCUT2D eigenvalue weighted by Gasteiger charge is -2.22. The van der Waals surface area contributed by atoms with Crippen molar-refractivity contribution in [3.05, 3.63) is 75.9 Å². The number of ether oxygens (including phenoxy) is 2. The molecule has 1 amide bonds. The quantitative estimate of drug-likeness (QED) is 0.669. The number of halogens is 1. The SMILES string of the molecule is O=C(CC1OCCc2ccsc21)NCc1ccc(Oc2ccc(F)cc2)nc1. The molecule has 1 aliphatic rings. The molecule has 0 saturated carbocycles. The molecule has 1 N–H and O–H groups in total. The maximum atomic E-state index is 12.9. The third kappa shape index (κ3) is 4.55. The second-order valence-electron chi connectivity index (χ2n) is 6.46. The molecular weight excluding hydrogens is 379 g/mol. The predicted molar refractivity (Wildman–Crippen MR) is 104 cm³/mol. The second-order valence-corrected chi connectivity index (χ2v) is 7.41. The standard InChI is InChI=1S/C21H19FN2O3S/c22-16-2-4-17(5-3-16)27-20-6-1-14(13-24-20)12-23-19(25)11-18-21-15(7-9-26-18)8-10-28-21/h1-6,8,10,13,18H,7,9,11-12H2,(H,23,25). The van der Waals surface area contributed by atoms with E-state index in [1.165, 1.54) is 29.8 Å². The number of nitrogens with one attached hydrogen (secondary N) is 1. The number of rotatable bonds is 6. The average Bonchev–Trinajstić information content (AvgIpc) is 3.19. The molecule has 28 heavy (non-hydrogen) atoms. The van der Waals surface area contributed by atoms with Crippen LogP contribution in [0.25, 0.3) is 0 Å². The van der Waals surface area contributed by atoms with E-state index in [0.717, 1.165) is 16.9 Å². The van der Waals surface area contributed by atoms with Crippen LogP contribution >= 0.6 is 11.3 Å². The van der Waals surface area contributed by atoms with Crippen molar-refractivity contribution in [2.45, 2.75) is 25.5 Å². The Bertz CT molecular complexity index is 941. The van der Waals surface area contributed by atoms with Crippen molar-refractivity contribution in [1.82, 2.24) is 10.3 Å². The van der Waals surface area contributed by atoms with Crippen LogP contribution < -0.4 is 10.1 Å². The van der Waals surface area contributed by atoms with Crippen LogP contribution in [0.3, 0.4) is 0 Å². The van der Waals surface area contributed by atoms with Crippen LogP contribution in [-0.2, 0) is 22.5 Å². The monoisotopic (exact) mass is 398 g/mol. The van der Waals surface area contributed by atoms with Gasteiger partial charge < -0.3 is 14.8 Å². The molecule has 1 aliphatic heterocycles. The zero-order valence-electron chi connectivity index (χ0n) is 15.1. The van der Waals surface area contributed by atoms with Crippen molar-refractivity contribution in [2.75, 3.05) is 6.61 Å². The molecule has 0 bridgehead atoms. The van der Waals surface area contributed by atoms with Gasteiger partial charge in [-0.25, -0.2) is 9.37 Å². The van der Waals surface area contributed by atoms with E-state index in [1.54, 1.807) is 23.6 Å². The van der Waals surface area contributed by atoms with E-state index in [4.69, 9.17) is 9.47 Å². The van der Waals surface area contributed by atoms with Crippen molar-refractivity contribution >= 4 is 17.2 Å². The average molecular weight is 398 g/mol. The smallest absolute Gasteiger partial charge is 0.223 e. The van der Waals surface area contributed by atoms with Gasteiger partial charge in [0.2, 0.25) is 11.8 Å². The number of pyridine rings is 1. The highest BCUT2D eigenvalue weighted by atomic mass is 32.1. The molecule has 0 fully saturated rings. The zero-order valence-corrected chi connectivity index (χ0v) is 15.9. The Kier molecular flexibility index (Phi) is 5.64. The van der Waals surface area contributed by atoms with Crippen LogP contribution in [0.1, 0.15) is 28.5 Å². The minimum Gasteiger partial charge on any atom is -0.439 e.